The van der Waals surface area contributed by atoms with Crippen molar-refractivity contribution in [2.24, 2.45) is 7.05 Å². The Balaban J connectivity index is 2.11. The van der Waals surface area contributed by atoms with Crippen molar-refractivity contribution in [2.45, 2.75) is 39.7 Å². The van der Waals surface area contributed by atoms with E-state index in [4.69, 9.17) is 0 Å². The van der Waals surface area contributed by atoms with E-state index in [1.54, 1.807) is 4.68 Å². The van der Waals surface area contributed by atoms with Gasteiger partial charge in [0.25, 0.3) is 0 Å². The van der Waals surface area contributed by atoms with Gasteiger partial charge in [0.2, 0.25) is 0 Å². The van der Waals surface area contributed by atoms with E-state index in [0.29, 0.717) is 6.04 Å². The molecule has 0 fully saturated rings. The molecule has 0 spiro atoms. The normalized spacial score (nSPS) is 13.0. The van der Waals surface area contributed by atoms with Gasteiger partial charge in [0.1, 0.15) is 11.6 Å². The van der Waals surface area contributed by atoms with E-state index in [1.807, 2.05) is 13.2 Å². The molecule has 21 heavy (non-hydrogen) atoms. The van der Waals surface area contributed by atoms with Crippen LogP contribution in [0.15, 0.2) is 6.20 Å². The molecule has 6 nitrogen and oxygen atoms in total. The molecular formula is C15H26N6. The summed E-state index contributed by atoms with van der Waals surface area (Å²) in [5, 5.41) is 8.73. The Morgan fingerprint density at radius 1 is 1.33 bits per heavy atom. The lowest BCUT2D eigenvalue weighted by molar-refractivity contribution is 0.263. The molecule has 0 amide bonds. The molecule has 1 atom stereocenters. The average Bonchev–Trinajstić information content (AvgIpc) is 2.87. The van der Waals surface area contributed by atoms with Crippen LogP contribution in [0.2, 0.25) is 0 Å². The molecule has 6 heteroatoms. The van der Waals surface area contributed by atoms with Crippen LogP contribution in [0.3, 0.4) is 0 Å². The van der Waals surface area contributed by atoms with Crippen LogP contribution in [-0.2, 0) is 13.5 Å². The quantitative estimate of drug-likeness (QED) is 0.846. The topological polar surface area (TPSA) is 58.9 Å². The maximum absolute atomic E-state index is 4.61. The zero-order valence-electron chi connectivity index (χ0n) is 13.7. The lowest BCUT2D eigenvalue weighted by Crippen LogP contribution is -2.30. The van der Waals surface area contributed by atoms with E-state index >= 15 is 0 Å². The number of aromatic nitrogens is 4. The predicted octanol–water partition coefficient (Wildman–Crippen LogP) is 2.07. The Morgan fingerprint density at radius 3 is 2.76 bits per heavy atom. The fourth-order valence-corrected chi connectivity index (χ4v) is 2.29. The number of rotatable bonds is 7. The predicted molar refractivity (Wildman–Crippen MR) is 86.6 cm³/mol. The monoisotopic (exact) mass is 290 g/mol. The van der Waals surface area contributed by atoms with Crippen molar-refractivity contribution in [3.05, 3.63) is 12.0 Å². The molecule has 1 unspecified atom stereocenters. The van der Waals surface area contributed by atoms with Crippen molar-refractivity contribution < 1.29 is 0 Å². The van der Waals surface area contributed by atoms with E-state index < -0.39 is 0 Å². The maximum Gasteiger partial charge on any atom is 0.163 e. The molecule has 2 heterocycles. The van der Waals surface area contributed by atoms with Gasteiger partial charge < -0.3 is 10.2 Å². The fourth-order valence-electron chi connectivity index (χ4n) is 2.29. The van der Waals surface area contributed by atoms with Gasteiger partial charge in [0, 0.05) is 26.1 Å². The number of fused-ring (bicyclic) bond motifs is 1. The molecular weight excluding hydrogens is 264 g/mol. The molecule has 1 N–H and O–H groups in total. The Morgan fingerprint density at radius 2 is 2.10 bits per heavy atom. The van der Waals surface area contributed by atoms with Crippen molar-refractivity contribution in [2.75, 3.05) is 25.5 Å². The van der Waals surface area contributed by atoms with E-state index in [2.05, 4.69) is 53.1 Å². The van der Waals surface area contributed by atoms with Crippen molar-refractivity contribution in [1.82, 2.24) is 24.6 Å². The number of nitrogens with one attached hydrogen (secondary N) is 1. The summed E-state index contributed by atoms with van der Waals surface area (Å²) in [5.74, 6) is 1.75. The molecule has 0 saturated heterocycles. The Labute approximate surface area is 126 Å². The Kier molecular flexibility index (Phi) is 5.12. The molecule has 2 aromatic heterocycles. The number of anilines is 1. The van der Waals surface area contributed by atoms with Gasteiger partial charge in [-0.1, -0.05) is 13.8 Å². The number of nitrogens with zero attached hydrogens (tertiary/aromatic N) is 5. The highest BCUT2D eigenvalue weighted by molar-refractivity contribution is 5.86. The standard InChI is InChI=1S/C15H26N6/c1-6-13-18-14(12-10-17-21(5)15(12)19-13)16-9-8-11(3)20(4)7-2/h10-11H,6-9H2,1-5H3,(H,16,18,19). The van der Waals surface area contributed by atoms with Crippen LogP contribution in [0, 0.1) is 0 Å². The number of aryl methyl sites for hydroxylation is 2. The second kappa shape index (κ2) is 6.85. The van der Waals surface area contributed by atoms with E-state index in [-0.39, 0.29) is 0 Å². The number of hydrogen-bond donors (Lipinski definition) is 1. The molecule has 0 aromatic carbocycles. The van der Waals surface area contributed by atoms with E-state index in [1.165, 1.54) is 0 Å². The van der Waals surface area contributed by atoms with Gasteiger partial charge in [-0.3, -0.25) is 4.68 Å². The first-order valence-electron chi connectivity index (χ1n) is 7.69. The highest BCUT2D eigenvalue weighted by atomic mass is 15.3. The smallest absolute Gasteiger partial charge is 0.163 e. The summed E-state index contributed by atoms with van der Waals surface area (Å²) in [4.78, 5) is 11.5. The number of hydrogen-bond acceptors (Lipinski definition) is 5. The molecule has 0 aliphatic heterocycles. The lowest BCUT2D eigenvalue weighted by Gasteiger charge is -2.23. The summed E-state index contributed by atoms with van der Waals surface area (Å²) in [6.45, 7) is 8.47. The van der Waals surface area contributed by atoms with Crippen molar-refractivity contribution in [3.63, 3.8) is 0 Å². The van der Waals surface area contributed by atoms with Crippen molar-refractivity contribution in [1.29, 1.82) is 0 Å². The molecule has 0 aliphatic rings. The third-order valence-corrected chi connectivity index (χ3v) is 4.06. The van der Waals surface area contributed by atoms with E-state index in [0.717, 1.165) is 48.6 Å². The minimum atomic E-state index is 0.555. The average molecular weight is 290 g/mol. The van der Waals surface area contributed by atoms with Crippen LogP contribution < -0.4 is 5.32 Å². The summed E-state index contributed by atoms with van der Waals surface area (Å²) in [6.07, 6.45) is 3.74. The highest BCUT2D eigenvalue weighted by Crippen LogP contribution is 2.19. The molecule has 116 valence electrons. The van der Waals surface area contributed by atoms with Gasteiger partial charge in [0.15, 0.2) is 5.65 Å². The summed E-state index contributed by atoms with van der Waals surface area (Å²) in [6, 6.07) is 0.555. The van der Waals surface area contributed by atoms with Crippen LogP contribution >= 0.6 is 0 Å². The van der Waals surface area contributed by atoms with Gasteiger partial charge in [-0.2, -0.15) is 5.10 Å². The van der Waals surface area contributed by atoms with Gasteiger partial charge in [-0.05, 0) is 26.9 Å². The minimum Gasteiger partial charge on any atom is -0.369 e. The van der Waals surface area contributed by atoms with Crippen molar-refractivity contribution >= 4 is 16.9 Å². The van der Waals surface area contributed by atoms with Crippen LogP contribution in [0.1, 0.15) is 33.0 Å². The van der Waals surface area contributed by atoms with Gasteiger partial charge in [-0.25, -0.2) is 9.97 Å². The van der Waals surface area contributed by atoms with Crippen LogP contribution in [0.4, 0.5) is 5.82 Å². The fraction of sp³-hybridized carbons (Fsp3) is 0.667. The van der Waals surface area contributed by atoms with Crippen LogP contribution in [0.5, 0.6) is 0 Å². The molecule has 0 aliphatic carbocycles. The third-order valence-electron chi connectivity index (χ3n) is 4.06. The molecule has 0 radical (unpaired) electrons. The summed E-state index contributed by atoms with van der Waals surface area (Å²) >= 11 is 0. The molecule has 0 bridgehead atoms. The maximum atomic E-state index is 4.61. The summed E-state index contributed by atoms with van der Waals surface area (Å²) in [7, 11) is 4.07. The largest absolute Gasteiger partial charge is 0.369 e. The Hall–Kier alpha value is -1.69. The first kappa shape index (κ1) is 15.7. The van der Waals surface area contributed by atoms with Gasteiger partial charge >= 0.3 is 0 Å². The molecule has 2 aromatic rings. The first-order chi connectivity index (χ1) is 10.1. The first-order valence-corrected chi connectivity index (χ1v) is 7.69. The molecule has 2 rings (SSSR count). The molecule has 0 saturated carbocycles. The third kappa shape index (κ3) is 3.50. The highest BCUT2D eigenvalue weighted by Gasteiger charge is 2.11. The summed E-state index contributed by atoms with van der Waals surface area (Å²) in [5.41, 5.74) is 0.892. The van der Waals surface area contributed by atoms with Gasteiger partial charge in [0.05, 0.1) is 11.6 Å². The zero-order valence-corrected chi connectivity index (χ0v) is 13.7. The van der Waals surface area contributed by atoms with Crippen LogP contribution in [0.25, 0.3) is 11.0 Å². The summed E-state index contributed by atoms with van der Waals surface area (Å²) < 4.78 is 1.80. The minimum absolute atomic E-state index is 0.555. The Bertz CT molecular complexity index is 591. The van der Waals surface area contributed by atoms with E-state index in [9.17, 15) is 0 Å². The second-order valence-electron chi connectivity index (χ2n) is 5.49. The van der Waals surface area contributed by atoms with Crippen LogP contribution in [-0.4, -0.2) is 50.8 Å². The lowest BCUT2D eigenvalue weighted by atomic mass is 10.2. The van der Waals surface area contributed by atoms with Gasteiger partial charge in [-0.15, -0.1) is 0 Å². The van der Waals surface area contributed by atoms with Crippen molar-refractivity contribution in [3.8, 4) is 0 Å². The SMILES string of the molecule is CCc1nc(NCCC(C)N(C)CC)c2cnn(C)c2n1. The second-order valence-corrected chi connectivity index (χ2v) is 5.49. The zero-order chi connectivity index (χ0) is 15.4.